The van der Waals surface area contributed by atoms with Crippen LogP contribution in [0.25, 0.3) is 21.9 Å². The highest BCUT2D eigenvalue weighted by molar-refractivity contribution is 5.88. The van der Waals surface area contributed by atoms with Crippen molar-refractivity contribution < 1.29 is 9.90 Å². The number of carboxylic acids is 1. The van der Waals surface area contributed by atoms with Gasteiger partial charge in [-0.2, -0.15) is 0 Å². The molecule has 0 aliphatic heterocycles. The Hall–Kier alpha value is -3.48. The molecule has 0 saturated heterocycles. The lowest BCUT2D eigenvalue weighted by atomic mass is 10.0. The van der Waals surface area contributed by atoms with Crippen molar-refractivity contribution in [2.24, 2.45) is 7.05 Å². The summed E-state index contributed by atoms with van der Waals surface area (Å²) in [4.78, 5) is 25.5. The lowest BCUT2D eigenvalue weighted by Crippen LogP contribution is -2.31. The van der Waals surface area contributed by atoms with Crippen LogP contribution in [-0.4, -0.2) is 24.8 Å². The van der Waals surface area contributed by atoms with Gasteiger partial charge in [-0.3, -0.25) is 9.13 Å². The monoisotopic (exact) mass is 420 g/mol. The van der Waals surface area contributed by atoms with Gasteiger partial charge in [0.1, 0.15) is 6.04 Å². The summed E-state index contributed by atoms with van der Waals surface area (Å²) in [6.07, 6.45) is 3.07. The van der Waals surface area contributed by atoms with Gasteiger partial charge in [0.2, 0.25) is 0 Å². The van der Waals surface area contributed by atoms with E-state index in [0.717, 1.165) is 22.0 Å². The first kappa shape index (κ1) is 20.8. The van der Waals surface area contributed by atoms with Crippen molar-refractivity contribution in [3.05, 3.63) is 63.7 Å². The van der Waals surface area contributed by atoms with Crippen LogP contribution in [0.4, 0.5) is 5.69 Å². The van der Waals surface area contributed by atoms with E-state index in [-0.39, 0.29) is 5.69 Å². The molecule has 0 amide bonds. The quantitative estimate of drug-likeness (QED) is 0.462. The van der Waals surface area contributed by atoms with Crippen LogP contribution in [0.15, 0.2) is 41.3 Å². The SMILES string of the molecule is CCC[C@@H](C(=O)O)n1c(=O)n(Cc2cn(C)c3cc(C)cc(C)c23)c2ccc(N)cc21. The molecular formula is C24H28N4O3. The van der Waals surface area contributed by atoms with E-state index in [4.69, 9.17) is 5.73 Å². The summed E-state index contributed by atoms with van der Waals surface area (Å²) >= 11 is 0. The van der Waals surface area contributed by atoms with Crippen LogP contribution in [-0.2, 0) is 18.4 Å². The van der Waals surface area contributed by atoms with Crippen molar-refractivity contribution >= 4 is 33.6 Å². The van der Waals surface area contributed by atoms with Gasteiger partial charge in [-0.05, 0) is 61.2 Å². The summed E-state index contributed by atoms with van der Waals surface area (Å²) < 4.78 is 5.12. The Bertz CT molecular complexity index is 1370. The van der Waals surface area contributed by atoms with Gasteiger partial charge in [-0.25, -0.2) is 9.59 Å². The Balaban J connectivity index is 1.96. The van der Waals surface area contributed by atoms with Crippen LogP contribution < -0.4 is 11.4 Å². The molecule has 31 heavy (non-hydrogen) atoms. The molecule has 0 radical (unpaired) electrons. The number of nitrogens with zero attached hydrogens (tertiary/aromatic N) is 3. The predicted molar refractivity (Wildman–Crippen MR) is 124 cm³/mol. The minimum atomic E-state index is -1.01. The van der Waals surface area contributed by atoms with Crippen LogP contribution in [0.3, 0.4) is 0 Å². The summed E-state index contributed by atoms with van der Waals surface area (Å²) in [5.41, 5.74) is 11.9. The van der Waals surface area contributed by atoms with Crippen molar-refractivity contribution in [3.8, 4) is 0 Å². The number of carboxylic acid groups (broad SMARTS) is 1. The molecule has 0 bridgehead atoms. The molecule has 0 spiro atoms. The third kappa shape index (κ3) is 3.40. The van der Waals surface area contributed by atoms with Gasteiger partial charge in [0.25, 0.3) is 0 Å². The Morgan fingerprint density at radius 3 is 2.55 bits per heavy atom. The van der Waals surface area contributed by atoms with Gasteiger partial charge in [0, 0.05) is 29.8 Å². The van der Waals surface area contributed by atoms with Crippen molar-refractivity contribution in [1.82, 2.24) is 13.7 Å². The van der Waals surface area contributed by atoms with E-state index in [9.17, 15) is 14.7 Å². The fourth-order valence-corrected chi connectivity index (χ4v) is 4.69. The number of carbonyl (C=O) groups is 1. The maximum atomic E-state index is 13.5. The Morgan fingerprint density at radius 1 is 1.13 bits per heavy atom. The van der Waals surface area contributed by atoms with Gasteiger partial charge < -0.3 is 15.4 Å². The third-order valence-corrected chi connectivity index (χ3v) is 5.98. The smallest absolute Gasteiger partial charge is 0.330 e. The highest BCUT2D eigenvalue weighted by atomic mass is 16.4. The molecule has 0 fully saturated rings. The molecule has 2 heterocycles. The van der Waals surface area contributed by atoms with Crippen LogP contribution in [0.2, 0.25) is 0 Å². The number of rotatable bonds is 6. The third-order valence-electron chi connectivity index (χ3n) is 5.98. The molecule has 1 atom stereocenters. The number of hydrogen-bond donors (Lipinski definition) is 2. The summed E-state index contributed by atoms with van der Waals surface area (Å²) in [5, 5.41) is 10.9. The number of aryl methyl sites for hydroxylation is 3. The number of hydrogen-bond acceptors (Lipinski definition) is 3. The van der Waals surface area contributed by atoms with Gasteiger partial charge in [-0.15, -0.1) is 0 Å². The summed E-state index contributed by atoms with van der Waals surface area (Å²) in [6.45, 7) is 6.41. The molecule has 0 aliphatic carbocycles. The fraction of sp³-hybridized carbons (Fsp3) is 0.333. The molecule has 4 rings (SSSR count). The minimum Gasteiger partial charge on any atom is -0.480 e. The first-order chi connectivity index (χ1) is 14.7. The maximum absolute atomic E-state index is 13.5. The zero-order valence-corrected chi connectivity index (χ0v) is 18.3. The summed E-state index contributed by atoms with van der Waals surface area (Å²) in [6, 6.07) is 8.59. The van der Waals surface area contributed by atoms with Crippen LogP contribution in [0.1, 0.15) is 42.5 Å². The number of imidazole rings is 1. The Labute approximate surface area is 180 Å². The Kier molecular flexibility index (Phi) is 5.13. The topological polar surface area (TPSA) is 95.2 Å². The van der Waals surface area contributed by atoms with Crippen molar-refractivity contribution in [1.29, 1.82) is 0 Å². The largest absolute Gasteiger partial charge is 0.480 e. The maximum Gasteiger partial charge on any atom is 0.330 e. The van der Waals surface area contributed by atoms with E-state index in [0.29, 0.717) is 36.1 Å². The van der Waals surface area contributed by atoms with E-state index in [1.54, 1.807) is 22.8 Å². The van der Waals surface area contributed by atoms with E-state index in [1.165, 1.54) is 10.1 Å². The van der Waals surface area contributed by atoms with Gasteiger partial charge in [-0.1, -0.05) is 19.4 Å². The van der Waals surface area contributed by atoms with E-state index in [1.807, 2.05) is 20.2 Å². The number of aromatic nitrogens is 3. The second-order valence-corrected chi connectivity index (χ2v) is 8.37. The molecule has 162 valence electrons. The predicted octanol–water partition coefficient (Wildman–Crippen LogP) is 3.97. The standard InChI is InChI=1S/C24H28N4O3/c1-5-6-19(23(29)30)28-20-11-17(25)7-8-18(20)27(24(28)31)13-16-12-26(4)21-10-14(2)9-15(3)22(16)21/h7-12,19H,5-6,13,25H2,1-4H3,(H,29,30)/t19-/m0/s1. The zero-order chi connectivity index (χ0) is 22.4. The number of benzene rings is 2. The first-order valence-corrected chi connectivity index (χ1v) is 10.5. The van der Waals surface area contributed by atoms with Gasteiger partial charge >= 0.3 is 11.7 Å². The average Bonchev–Trinajstić information content (AvgIpc) is 3.14. The molecule has 0 unspecified atom stereocenters. The number of nitrogens with two attached hydrogens (primary N) is 1. The number of nitrogen functional groups attached to an aromatic ring is 1. The molecule has 7 nitrogen and oxygen atoms in total. The summed E-state index contributed by atoms with van der Waals surface area (Å²) in [7, 11) is 2.00. The average molecular weight is 421 g/mol. The number of fused-ring (bicyclic) bond motifs is 2. The van der Waals surface area contributed by atoms with Crippen LogP contribution in [0.5, 0.6) is 0 Å². The molecule has 7 heteroatoms. The molecule has 2 aromatic heterocycles. The van der Waals surface area contributed by atoms with E-state index < -0.39 is 12.0 Å². The molecule has 2 aromatic carbocycles. The van der Waals surface area contributed by atoms with Gasteiger partial charge in [0.05, 0.1) is 17.6 Å². The lowest BCUT2D eigenvalue weighted by Gasteiger charge is -2.13. The van der Waals surface area contributed by atoms with Crippen LogP contribution in [0, 0.1) is 13.8 Å². The second kappa shape index (κ2) is 7.65. The molecule has 3 N–H and O–H groups in total. The highest BCUT2D eigenvalue weighted by Crippen LogP contribution is 2.28. The molecule has 4 aromatic rings. The minimum absolute atomic E-state index is 0.330. The van der Waals surface area contributed by atoms with Crippen LogP contribution >= 0.6 is 0 Å². The lowest BCUT2D eigenvalue weighted by molar-refractivity contribution is -0.141. The van der Waals surface area contributed by atoms with E-state index >= 15 is 0 Å². The van der Waals surface area contributed by atoms with Gasteiger partial charge in [0.15, 0.2) is 0 Å². The molecule has 0 saturated carbocycles. The highest BCUT2D eigenvalue weighted by Gasteiger charge is 2.26. The Morgan fingerprint density at radius 2 is 1.87 bits per heavy atom. The molecular weight excluding hydrogens is 392 g/mol. The fourth-order valence-electron chi connectivity index (χ4n) is 4.69. The number of anilines is 1. The normalized spacial score (nSPS) is 12.6. The van der Waals surface area contributed by atoms with Crippen molar-refractivity contribution in [2.45, 2.75) is 46.2 Å². The molecule has 0 aliphatic rings. The second-order valence-electron chi connectivity index (χ2n) is 8.37. The first-order valence-electron chi connectivity index (χ1n) is 10.5. The zero-order valence-electron chi connectivity index (χ0n) is 18.3. The van der Waals surface area contributed by atoms with Crippen molar-refractivity contribution in [2.75, 3.05) is 5.73 Å². The summed E-state index contributed by atoms with van der Waals surface area (Å²) in [5.74, 6) is -1.01. The van der Waals surface area contributed by atoms with E-state index in [2.05, 4.69) is 30.5 Å². The number of aliphatic carboxylic acids is 1. The van der Waals surface area contributed by atoms with Crippen molar-refractivity contribution in [3.63, 3.8) is 0 Å².